The minimum absolute atomic E-state index is 0.489. The summed E-state index contributed by atoms with van der Waals surface area (Å²) in [5.74, 6) is 0. The van der Waals surface area contributed by atoms with Gasteiger partial charge in [-0.15, -0.1) is 11.3 Å². The SMILES string of the molecule is CC1(CN2CCN(c3nccs3)CC2)CCNC1. The molecule has 0 amide bonds. The first-order chi connectivity index (χ1) is 8.75. The zero-order valence-corrected chi connectivity index (χ0v) is 11.9. The fourth-order valence-corrected chi connectivity index (χ4v) is 3.71. The van der Waals surface area contributed by atoms with Gasteiger partial charge in [0.15, 0.2) is 5.13 Å². The third kappa shape index (κ3) is 2.68. The quantitative estimate of drug-likeness (QED) is 0.892. The molecule has 1 N–H and O–H groups in total. The molecule has 2 aliphatic heterocycles. The molecule has 1 atom stereocenters. The summed E-state index contributed by atoms with van der Waals surface area (Å²) in [6, 6.07) is 0. The van der Waals surface area contributed by atoms with Crippen molar-refractivity contribution in [2.75, 3.05) is 50.7 Å². The third-order valence-corrected chi connectivity index (χ3v) is 4.96. The molecule has 2 fully saturated rings. The topological polar surface area (TPSA) is 31.4 Å². The molecule has 0 aliphatic carbocycles. The summed E-state index contributed by atoms with van der Waals surface area (Å²) in [6.45, 7) is 10.6. The molecule has 2 saturated heterocycles. The van der Waals surface area contributed by atoms with Crippen LogP contribution in [0.4, 0.5) is 5.13 Å². The normalized spacial score (nSPS) is 29.9. The lowest BCUT2D eigenvalue weighted by Gasteiger charge is -2.38. The molecule has 3 heterocycles. The van der Waals surface area contributed by atoms with Gasteiger partial charge in [0.05, 0.1) is 0 Å². The Kier molecular flexibility index (Phi) is 3.54. The molecule has 2 aliphatic rings. The van der Waals surface area contributed by atoms with E-state index in [1.165, 1.54) is 44.3 Å². The number of rotatable bonds is 3. The van der Waals surface area contributed by atoms with E-state index in [-0.39, 0.29) is 0 Å². The minimum atomic E-state index is 0.489. The fraction of sp³-hybridized carbons (Fsp3) is 0.769. The minimum Gasteiger partial charge on any atom is -0.346 e. The van der Waals surface area contributed by atoms with E-state index in [0.717, 1.165) is 13.1 Å². The molecule has 5 heteroatoms. The van der Waals surface area contributed by atoms with Crippen LogP contribution in [0.25, 0.3) is 0 Å². The van der Waals surface area contributed by atoms with Gasteiger partial charge in [0.2, 0.25) is 0 Å². The van der Waals surface area contributed by atoms with Gasteiger partial charge in [0.1, 0.15) is 0 Å². The monoisotopic (exact) mass is 266 g/mol. The lowest BCUT2D eigenvalue weighted by atomic mass is 9.89. The number of aromatic nitrogens is 1. The van der Waals surface area contributed by atoms with Crippen molar-refractivity contribution in [2.45, 2.75) is 13.3 Å². The Morgan fingerprint density at radius 1 is 1.39 bits per heavy atom. The molecule has 0 spiro atoms. The van der Waals surface area contributed by atoms with Crippen LogP contribution < -0.4 is 10.2 Å². The van der Waals surface area contributed by atoms with Crippen molar-refractivity contribution in [1.29, 1.82) is 0 Å². The van der Waals surface area contributed by atoms with Gasteiger partial charge < -0.3 is 10.2 Å². The predicted molar refractivity (Wildman–Crippen MR) is 76.4 cm³/mol. The van der Waals surface area contributed by atoms with Gasteiger partial charge in [-0.05, 0) is 18.4 Å². The van der Waals surface area contributed by atoms with Crippen LogP contribution in [-0.2, 0) is 0 Å². The van der Waals surface area contributed by atoms with Crippen molar-refractivity contribution in [3.8, 4) is 0 Å². The van der Waals surface area contributed by atoms with Crippen molar-refractivity contribution < 1.29 is 0 Å². The molecule has 0 radical (unpaired) electrons. The molecule has 18 heavy (non-hydrogen) atoms. The number of hydrogen-bond acceptors (Lipinski definition) is 5. The van der Waals surface area contributed by atoms with Gasteiger partial charge in [-0.25, -0.2) is 4.98 Å². The van der Waals surface area contributed by atoms with E-state index in [0.29, 0.717) is 5.41 Å². The zero-order valence-electron chi connectivity index (χ0n) is 11.1. The Labute approximate surface area is 113 Å². The number of anilines is 1. The highest BCUT2D eigenvalue weighted by Crippen LogP contribution is 2.27. The predicted octanol–water partition coefficient (Wildman–Crippen LogP) is 1.26. The maximum absolute atomic E-state index is 4.40. The Bertz CT molecular complexity index is 364. The average Bonchev–Trinajstić information content (AvgIpc) is 3.02. The summed E-state index contributed by atoms with van der Waals surface area (Å²) in [7, 11) is 0. The molecule has 3 rings (SSSR count). The van der Waals surface area contributed by atoms with Crippen LogP contribution in [0.3, 0.4) is 0 Å². The number of nitrogens with zero attached hydrogens (tertiary/aromatic N) is 3. The van der Waals surface area contributed by atoms with Gasteiger partial charge in [-0.3, -0.25) is 4.90 Å². The molecular formula is C13H22N4S. The second-order valence-corrected chi connectivity index (χ2v) is 6.69. The van der Waals surface area contributed by atoms with E-state index in [1.54, 1.807) is 11.3 Å². The molecule has 0 bridgehead atoms. The molecule has 1 unspecified atom stereocenters. The fourth-order valence-electron chi connectivity index (χ4n) is 3.01. The highest BCUT2D eigenvalue weighted by Gasteiger charge is 2.31. The van der Waals surface area contributed by atoms with Crippen LogP contribution in [0.1, 0.15) is 13.3 Å². The van der Waals surface area contributed by atoms with Crippen LogP contribution in [0.15, 0.2) is 11.6 Å². The summed E-state index contributed by atoms with van der Waals surface area (Å²) in [5.41, 5.74) is 0.489. The molecule has 4 nitrogen and oxygen atoms in total. The molecular weight excluding hydrogens is 244 g/mol. The second-order valence-electron chi connectivity index (χ2n) is 5.82. The van der Waals surface area contributed by atoms with E-state index in [2.05, 4.69) is 32.4 Å². The number of piperazine rings is 1. The van der Waals surface area contributed by atoms with Crippen molar-refractivity contribution in [1.82, 2.24) is 15.2 Å². The first kappa shape index (κ1) is 12.4. The molecule has 0 aromatic carbocycles. The van der Waals surface area contributed by atoms with Crippen molar-refractivity contribution in [3.63, 3.8) is 0 Å². The lowest BCUT2D eigenvalue weighted by molar-refractivity contribution is 0.169. The average molecular weight is 266 g/mol. The number of nitrogens with one attached hydrogen (secondary N) is 1. The smallest absolute Gasteiger partial charge is 0.185 e. The summed E-state index contributed by atoms with van der Waals surface area (Å²) in [5, 5.41) is 6.73. The summed E-state index contributed by atoms with van der Waals surface area (Å²) in [6.07, 6.45) is 3.22. The highest BCUT2D eigenvalue weighted by atomic mass is 32.1. The Morgan fingerprint density at radius 2 is 2.22 bits per heavy atom. The molecule has 0 saturated carbocycles. The van der Waals surface area contributed by atoms with Crippen LogP contribution in [0.5, 0.6) is 0 Å². The Morgan fingerprint density at radius 3 is 2.83 bits per heavy atom. The summed E-state index contributed by atoms with van der Waals surface area (Å²) in [4.78, 5) is 9.43. The number of thiazole rings is 1. The molecule has 100 valence electrons. The van der Waals surface area contributed by atoms with Gasteiger partial charge in [-0.1, -0.05) is 6.92 Å². The van der Waals surface area contributed by atoms with Crippen molar-refractivity contribution >= 4 is 16.5 Å². The van der Waals surface area contributed by atoms with Gasteiger partial charge in [-0.2, -0.15) is 0 Å². The van der Waals surface area contributed by atoms with Crippen molar-refractivity contribution in [3.05, 3.63) is 11.6 Å². The second kappa shape index (κ2) is 5.15. The molecule has 1 aromatic heterocycles. The van der Waals surface area contributed by atoms with E-state index in [4.69, 9.17) is 0 Å². The Balaban J connectivity index is 1.51. The van der Waals surface area contributed by atoms with Crippen LogP contribution >= 0.6 is 11.3 Å². The van der Waals surface area contributed by atoms with E-state index in [1.807, 2.05) is 6.20 Å². The maximum atomic E-state index is 4.40. The van der Waals surface area contributed by atoms with E-state index in [9.17, 15) is 0 Å². The Hall–Kier alpha value is -0.650. The van der Waals surface area contributed by atoms with Gasteiger partial charge >= 0.3 is 0 Å². The lowest BCUT2D eigenvalue weighted by Crippen LogP contribution is -2.49. The zero-order chi connectivity index (χ0) is 12.4. The third-order valence-electron chi connectivity index (χ3n) is 4.12. The van der Waals surface area contributed by atoms with Crippen LogP contribution in [0, 0.1) is 5.41 Å². The highest BCUT2D eigenvalue weighted by molar-refractivity contribution is 7.13. The summed E-state index contributed by atoms with van der Waals surface area (Å²) >= 11 is 1.75. The first-order valence-electron chi connectivity index (χ1n) is 6.83. The summed E-state index contributed by atoms with van der Waals surface area (Å²) < 4.78 is 0. The standard InChI is InChI=1S/C13H22N4S/c1-13(2-3-14-10-13)11-16-5-7-17(8-6-16)12-15-4-9-18-12/h4,9,14H,2-3,5-8,10-11H2,1H3. The van der Waals surface area contributed by atoms with Crippen LogP contribution in [0.2, 0.25) is 0 Å². The van der Waals surface area contributed by atoms with Gasteiger partial charge in [0, 0.05) is 50.8 Å². The van der Waals surface area contributed by atoms with E-state index < -0.39 is 0 Å². The van der Waals surface area contributed by atoms with E-state index >= 15 is 0 Å². The van der Waals surface area contributed by atoms with Crippen LogP contribution in [-0.4, -0.2) is 55.7 Å². The number of hydrogen-bond donors (Lipinski definition) is 1. The largest absolute Gasteiger partial charge is 0.346 e. The van der Waals surface area contributed by atoms with Crippen molar-refractivity contribution in [2.24, 2.45) is 5.41 Å². The molecule has 1 aromatic rings. The van der Waals surface area contributed by atoms with Gasteiger partial charge in [0.25, 0.3) is 0 Å². The maximum Gasteiger partial charge on any atom is 0.185 e. The first-order valence-corrected chi connectivity index (χ1v) is 7.71.